The van der Waals surface area contributed by atoms with Crippen LogP contribution in [0.25, 0.3) is 0 Å². The van der Waals surface area contributed by atoms with Crippen molar-refractivity contribution < 1.29 is 4.74 Å². The molecule has 2 aliphatic rings. The van der Waals surface area contributed by atoms with E-state index in [2.05, 4.69) is 29.2 Å². The fourth-order valence-electron chi connectivity index (χ4n) is 3.38. The van der Waals surface area contributed by atoms with E-state index in [1.807, 2.05) is 6.07 Å². The summed E-state index contributed by atoms with van der Waals surface area (Å²) >= 11 is 0. The molecule has 1 saturated heterocycles. The van der Waals surface area contributed by atoms with E-state index in [9.17, 15) is 0 Å². The van der Waals surface area contributed by atoms with Crippen LogP contribution in [0.3, 0.4) is 0 Å². The van der Waals surface area contributed by atoms with Crippen molar-refractivity contribution >= 4 is 0 Å². The van der Waals surface area contributed by atoms with Gasteiger partial charge in [0.15, 0.2) is 0 Å². The molecule has 0 spiro atoms. The van der Waals surface area contributed by atoms with Crippen molar-refractivity contribution in [3.8, 4) is 5.75 Å². The highest BCUT2D eigenvalue weighted by molar-refractivity contribution is 5.21. The van der Waals surface area contributed by atoms with Gasteiger partial charge in [-0.3, -0.25) is 4.90 Å². The number of benzene rings is 1. The summed E-state index contributed by atoms with van der Waals surface area (Å²) < 4.78 is 6.24. The number of hydrogen-bond donors (Lipinski definition) is 0. The molecular formula is C16H23NO. The lowest BCUT2D eigenvalue weighted by molar-refractivity contribution is 0.0486. The molecule has 18 heavy (non-hydrogen) atoms. The Balaban J connectivity index is 1.67. The monoisotopic (exact) mass is 245 g/mol. The van der Waals surface area contributed by atoms with Crippen molar-refractivity contribution in [2.24, 2.45) is 0 Å². The highest BCUT2D eigenvalue weighted by Crippen LogP contribution is 2.29. The number of nitrogens with zero attached hydrogens (tertiary/aromatic N) is 1. The van der Waals surface area contributed by atoms with E-state index in [0.717, 1.165) is 5.75 Å². The van der Waals surface area contributed by atoms with Gasteiger partial charge in [-0.1, -0.05) is 24.6 Å². The first kappa shape index (κ1) is 12.0. The van der Waals surface area contributed by atoms with Gasteiger partial charge >= 0.3 is 0 Å². The fourth-order valence-corrected chi connectivity index (χ4v) is 3.38. The number of hydrogen-bond acceptors (Lipinski definition) is 2. The lowest BCUT2D eigenvalue weighted by Crippen LogP contribution is -2.46. The van der Waals surface area contributed by atoms with Crippen LogP contribution in [0.1, 0.15) is 38.5 Å². The molecule has 0 N–H and O–H groups in total. The standard InChI is InChI=1S/C16H23NO/c1-2-8-14(9-3-1)18-16-11-5-4-10-15(16)17-12-6-7-13-17/h1-3,8-9,15-16H,4-7,10-13H2. The summed E-state index contributed by atoms with van der Waals surface area (Å²) in [6.45, 7) is 2.55. The molecule has 1 saturated carbocycles. The second-order valence-electron chi connectivity index (χ2n) is 5.56. The molecule has 1 aliphatic carbocycles. The first-order chi connectivity index (χ1) is 8.93. The van der Waals surface area contributed by atoms with Gasteiger partial charge in [0.05, 0.1) is 0 Å². The van der Waals surface area contributed by atoms with Crippen LogP contribution in [0, 0.1) is 0 Å². The zero-order valence-electron chi connectivity index (χ0n) is 11.1. The van der Waals surface area contributed by atoms with Crippen molar-refractivity contribution in [3.05, 3.63) is 30.3 Å². The first-order valence-electron chi connectivity index (χ1n) is 7.39. The maximum atomic E-state index is 6.24. The third-order valence-electron chi connectivity index (χ3n) is 4.31. The molecule has 1 heterocycles. The second-order valence-corrected chi connectivity index (χ2v) is 5.56. The van der Waals surface area contributed by atoms with E-state index in [1.165, 1.54) is 51.6 Å². The molecule has 2 heteroatoms. The molecule has 1 aromatic carbocycles. The van der Waals surface area contributed by atoms with E-state index in [-0.39, 0.29) is 0 Å². The molecule has 0 radical (unpaired) electrons. The summed E-state index contributed by atoms with van der Waals surface area (Å²) in [5, 5.41) is 0. The van der Waals surface area contributed by atoms with Gasteiger partial charge in [-0.2, -0.15) is 0 Å². The van der Waals surface area contributed by atoms with Gasteiger partial charge in [-0.15, -0.1) is 0 Å². The highest BCUT2D eigenvalue weighted by atomic mass is 16.5. The Labute approximate surface area is 110 Å². The first-order valence-corrected chi connectivity index (χ1v) is 7.39. The molecular weight excluding hydrogens is 222 g/mol. The predicted molar refractivity (Wildman–Crippen MR) is 73.9 cm³/mol. The molecule has 1 aliphatic heterocycles. The van der Waals surface area contributed by atoms with Crippen LogP contribution in [-0.4, -0.2) is 30.1 Å². The van der Waals surface area contributed by atoms with Gasteiger partial charge in [-0.05, 0) is 57.3 Å². The van der Waals surface area contributed by atoms with Crippen molar-refractivity contribution in [1.82, 2.24) is 4.90 Å². The summed E-state index contributed by atoms with van der Waals surface area (Å²) in [6, 6.07) is 11.0. The fraction of sp³-hybridized carbons (Fsp3) is 0.625. The summed E-state index contributed by atoms with van der Waals surface area (Å²) in [5.74, 6) is 1.04. The van der Waals surface area contributed by atoms with Gasteiger partial charge in [-0.25, -0.2) is 0 Å². The molecule has 0 bridgehead atoms. The zero-order valence-corrected chi connectivity index (χ0v) is 11.1. The molecule has 2 unspecified atom stereocenters. The Hall–Kier alpha value is -1.02. The molecule has 0 amide bonds. The molecule has 2 nitrogen and oxygen atoms in total. The minimum atomic E-state index is 0.402. The van der Waals surface area contributed by atoms with E-state index >= 15 is 0 Å². The van der Waals surface area contributed by atoms with Crippen molar-refractivity contribution in [1.29, 1.82) is 0 Å². The number of rotatable bonds is 3. The summed E-state index contributed by atoms with van der Waals surface area (Å²) in [4.78, 5) is 2.66. The average Bonchev–Trinajstić information content (AvgIpc) is 2.94. The maximum absolute atomic E-state index is 6.24. The topological polar surface area (TPSA) is 12.5 Å². The normalized spacial score (nSPS) is 29.3. The Kier molecular flexibility index (Phi) is 3.84. The summed E-state index contributed by atoms with van der Waals surface area (Å²) in [5.41, 5.74) is 0. The third-order valence-corrected chi connectivity index (χ3v) is 4.31. The lowest BCUT2D eigenvalue weighted by atomic mass is 9.91. The van der Waals surface area contributed by atoms with Crippen LogP contribution in [0.5, 0.6) is 5.75 Å². The lowest BCUT2D eigenvalue weighted by Gasteiger charge is -2.37. The van der Waals surface area contributed by atoms with Crippen molar-refractivity contribution in [3.63, 3.8) is 0 Å². The van der Waals surface area contributed by atoms with Crippen LogP contribution in [0.4, 0.5) is 0 Å². The van der Waals surface area contributed by atoms with E-state index in [4.69, 9.17) is 4.74 Å². The number of likely N-dealkylation sites (tertiary alicyclic amines) is 1. The maximum Gasteiger partial charge on any atom is 0.119 e. The number of para-hydroxylation sites is 1. The Bertz CT molecular complexity index is 359. The highest BCUT2D eigenvalue weighted by Gasteiger charge is 2.32. The van der Waals surface area contributed by atoms with Crippen LogP contribution >= 0.6 is 0 Å². The summed E-state index contributed by atoms with van der Waals surface area (Å²) in [6.07, 6.45) is 8.37. The van der Waals surface area contributed by atoms with Gasteiger partial charge in [0, 0.05) is 6.04 Å². The summed E-state index contributed by atoms with van der Waals surface area (Å²) in [7, 11) is 0. The SMILES string of the molecule is c1ccc(OC2CCCCC2N2CCCC2)cc1. The molecule has 2 atom stereocenters. The minimum absolute atomic E-state index is 0.402. The molecule has 1 aromatic rings. The molecule has 98 valence electrons. The van der Waals surface area contributed by atoms with Crippen molar-refractivity contribution in [2.45, 2.75) is 50.7 Å². The third kappa shape index (κ3) is 2.69. The molecule has 2 fully saturated rings. The van der Waals surface area contributed by atoms with Crippen LogP contribution in [0.15, 0.2) is 30.3 Å². The van der Waals surface area contributed by atoms with Crippen LogP contribution in [-0.2, 0) is 0 Å². The largest absolute Gasteiger partial charge is 0.489 e. The Morgan fingerprint density at radius 3 is 2.39 bits per heavy atom. The number of ether oxygens (including phenoxy) is 1. The van der Waals surface area contributed by atoms with E-state index in [1.54, 1.807) is 0 Å². The van der Waals surface area contributed by atoms with Gasteiger partial charge < -0.3 is 4.74 Å². The van der Waals surface area contributed by atoms with E-state index < -0.39 is 0 Å². The van der Waals surface area contributed by atoms with Crippen LogP contribution < -0.4 is 4.74 Å². The Morgan fingerprint density at radius 1 is 0.889 bits per heavy atom. The zero-order chi connectivity index (χ0) is 12.2. The molecule has 3 rings (SSSR count). The van der Waals surface area contributed by atoms with Crippen LogP contribution in [0.2, 0.25) is 0 Å². The van der Waals surface area contributed by atoms with Gasteiger partial charge in [0.1, 0.15) is 11.9 Å². The Morgan fingerprint density at radius 2 is 1.61 bits per heavy atom. The van der Waals surface area contributed by atoms with Crippen molar-refractivity contribution in [2.75, 3.05) is 13.1 Å². The quantitative estimate of drug-likeness (QED) is 0.808. The smallest absolute Gasteiger partial charge is 0.119 e. The van der Waals surface area contributed by atoms with Gasteiger partial charge in [0.25, 0.3) is 0 Å². The van der Waals surface area contributed by atoms with Gasteiger partial charge in [0.2, 0.25) is 0 Å². The van der Waals surface area contributed by atoms with E-state index in [0.29, 0.717) is 12.1 Å². The average molecular weight is 245 g/mol. The predicted octanol–water partition coefficient (Wildman–Crippen LogP) is 3.47. The molecule has 0 aromatic heterocycles. The minimum Gasteiger partial charge on any atom is -0.489 e. The second kappa shape index (κ2) is 5.75.